The van der Waals surface area contributed by atoms with Gasteiger partial charge in [-0.2, -0.15) is 0 Å². The van der Waals surface area contributed by atoms with Crippen LogP contribution in [-0.4, -0.2) is 6.85 Å². The molecule has 0 amide bonds. The lowest BCUT2D eigenvalue weighted by Gasteiger charge is -2.31. The van der Waals surface area contributed by atoms with Crippen molar-refractivity contribution in [1.82, 2.24) is 0 Å². The molecule has 0 aliphatic carbocycles. The molecule has 0 unspecified atom stereocenters. The van der Waals surface area contributed by atoms with E-state index in [0.29, 0.717) is 5.57 Å². The number of hydrogen-bond acceptors (Lipinski definition) is 1. The number of nitrogens with zero attached hydrogens (tertiary/aromatic N) is 2. The predicted molar refractivity (Wildman–Crippen MR) is 104 cm³/mol. The van der Waals surface area contributed by atoms with Crippen molar-refractivity contribution in [1.29, 1.82) is 0 Å². The standard InChI is InChI=1S/C21H22BN2/c1-15-16(2)24(22(3)19-11-7-6-10-18(15)19)21-14-13-17-9-5-8-12-20(17)23(21)4/h5-14H,1-4H3/q+1/i1D3. The van der Waals surface area contributed by atoms with Gasteiger partial charge < -0.3 is 0 Å². The second kappa shape index (κ2) is 5.52. The van der Waals surface area contributed by atoms with Crippen molar-refractivity contribution >= 4 is 34.6 Å². The van der Waals surface area contributed by atoms with Gasteiger partial charge >= 0.3 is 6.85 Å². The molecule has 0 fully saturated rings. The first kappa shape index (κ1) is 11.9. The highest BCUT2D eigenvalue weighted by Gasteiger charge is 2.38. The Kier molecular flexibility index (Phi) is 2.74. The molecule has 1 aliphatic rings. The van der Waals surface area contributed by atoms with E-state index in [4.69, 9.17) is 4.11 Å². The third-order valence-electron chi connectivity index (χ3n) is 5.09. The minimum absolute atomic E-state index is 0.0414. The molecule has 0 bridgehead atoms. The van der Waals surface area contributed by atoms with Crippen molar-refractivity contribution in [3.8, 4) is 0 Å². The lowest BCUT2D eigenvalue weighted by Crippen LogP contribution is -2.53. The normalized spacial score (nSPS) is 16.7. The number of aromatic nitrogens is 1. The summed E-state index contributed by atoms with van der Waals surface area (Å²) in [5.74, 6) is 0.981. The van der Waals surface area contributed by atoms with Crippen molar-refractivity contribution in [3.63, 3.8) is 0 Å². The Labute approximate surface area is 148 Å². The Balaban J connectivity index is 2.00. The maximum absolute atomic E-state index is 8.13. The molecule has 24 heavy (non-hydrogen) atoms. The highest BCUT2D eigenvalue weighted by atomic mass is 15.2. The zero-order valence-corrected chi connectivity index (χ0v) is 14.2. The van der Waals surface area contributed by atoms with Gasteiger partial charge in [0.15, 0.2) is 0 Å². The van der Waals surface area contributed by atoms with Crippen LogP contribution >= 0.6 is 0 Å². The van der Waals surface area contributed by atoms with E-state index in [1.54, 1.807) is 0 Å². The van der Waals surface area contributed by atoms with Gasteiger partial charge in [-0.1, -0.05) is 42.5 Å². The maximum atomic E-state index is 8.13. The van der Waals surface area contributed by atoms with Crippen LogP contribution in [0.2, 0.25) is 6.82 Å². The molecule has 0 spiro atoms. The van der Waals surface area contributed by atoms with Gasteiger partial charge in [-0.25, -0.2) is 4.57 Å². The first-order valence-corrected chi connectivity index (χ1v) is 8.28. The minimum Gasteiger partial charge on any atom is -0.290 e. The van der Waals surface area contributed by atoms with E-state index in [-0.39, 0.29) is 6.85 Å². The summed E-state index contributed by atoms with van der Waals surface area (Å²) in [5.41, 5.74) is 4.21. The molecular formula is C21H22BN2+. The van der Waals surface area contributed by atoms with Crippen LogP contribution < -0.4 is 14.8 Å². The van der Waals surface area contributed by atoms with E-state index in [0.717, 1.165) is 33.4 Å². The summed E-state index contributed by atoms with van der Waals surface area (Å²) in [4.78, 5) is 2.15. The lowest BCUT2D eigenvalue weighted by molar-refractivity contribution is -0.631. The van der Waals surface area contributed by atoms with Gasteiger partial charge in [0.2, 0.25) is 0 Å². The lowest BCUT2D eigenvalue weighted by atomic mass is 9.52. The number of pyridine rings is 1. The zero-order chi connectivity index (χ0) is 19.3. The van der Waals surface area contributed by atoms with Gasteiger partial charge in [0.25, 0.3) is 5.82 Å². The number of aryl methyl sites for hydroxylation is 1. The fourth-order valence-corrected chi connectivity index (χ4v) is 3.78. The van der Waals surface area contributed by atoms with Gasteiger partial charge in [-0.15, -0.1) is 0 Å². The second-order valence-electron chi connectivity index (χ2n) is 6.40. The first-order chi connectivity index (χ1) is 12.8. The molecular weight excluding hydrogens is 291 g/mol. The van der Waals surface area contributed by atoms with Crippen LogP contribution in [0.25, 0.3) is 16.5 Å². The molecule has 0 saturated heterocycles. The molecule has 3 aromatic rings. The Bertz CT molecular complexity index is 1070. The van der Waals surface area contributed by atoms with Crippen LogP contribution in [0.5, 0.6) is 0 Å². The van der Waals surface area contributed by atoms with Crippen molar-refractivity contribution in [3.05, 3.63) is 71.9 Å². The molecule has 2 heterocycles. The smallest absolute Gasteiger partial charge is 0.290 e. The Morgan fingerprint density at radius 1 is 1.00 bits per heavy atom. The van der Waals surface area contributed by atoms with E-state index < -0.39 is 6.85 Å². The third kappa shape index (κ3) is 2.08. The molecule has 2 aromatic carbocycles. The summed E-state index contributed by atoms with van der Waals surface area (Å²) < 4.78 is 26.5. The molecule has 0 saturated carbocycles. The molecule has 3 heteroatoms. The molecule has 1 aromatic heterocycles. The van der Waals surface area contributed by atoms with Crippen molar-refractivity contribution < 1.29 is 8.68 Å². The highest BCUT2D eigenvalue weighted by Crippen LogP contribution is 2.29. The van der Waals surface area contributed by atoms with Crippen LogP contribution in [0.3, 0.4) is 0 Å². The van der Waals surface area contributed by atoms with E-state index in [1.165, 1.54) is 0 Å². The Morgan fingerprint density at radius 3 is 2.58 bits per heavy atom. The van der Waals surface area contributed by atoms with Crippen LogP contribution in [0, 0.1) is 0 Å². The van der Waals surface area contributed by atoms with Crippen LogP contribution in [0.4, 0.5) is 5.82 Å². The van der Waals surface area contributed by atoms with Gasteiger partial charge in [-0.05, 0) is 49.3 Å². The summed E-state index contributed by atoms with van der Waals surface area (Å²) in [7, 11) is 2.03. The summed E-state index contributed by atoms with van der Waals surface area (Å²) in [6, 6.07) is 20.3. The maximum Gasteiger partial charge on any atom is 0.409 e. The molecule has 0 atom stereocenters. The number of anilines is 1. The monoisotopic (exact) mass is 316 g/mol. The largest absolute Gasteiger partial charge is 0.409 e. The van der Waals surface area contributed by atoms with E-state index in [9.17, 15) is 0 Å². The fourth-order valence-electron chi connectivity index (χ4n) is 3.78. The van der Waals surface area contributed by atoms with Gasteiger partial charge in [-0.3, -0.25) is 4.81 Å². The zero-order valence-electron chi connectivity index (χ0n) is 17.2. The highest BCUT2D eigenvalue weighted by molar-refractivity contribution is 6.77. The molecule has 118 valence electrons. The minimum atomic E-state index is -2.17. The van der Waals surface area contributed by atoms with Crippen LogP contribution in [0.15, 0.2) is 66.4 Å². The number of benzene rings is 2. The van der Waals surface area contributed by atoms with E-state index in [1.807, 2.05) is 50.4 Å². The quantitative estimate of drug-likeness (QED) is 0.490. The Hall–Kier alpha value is -2.55. The van der Waals surface area contributed by atoms with Gasteiger partial charge in [0.1, 0.15) is 5.52 Å². The topological polar surface area (TPSA) is 7.12 Å². The Morgan fingerprint density at radius 2 is 1.75 bits per heavy atom. The van der Waals surface area contributed by atoms with E-state index >= 15 is 0 Å². The third-order valence-corrected chi connectivity index (χ3v) is 5.09. The predicted octanol–water partition coefficient (Wildman–Crippen LogP) is 3.76. The number of rotatable bonds is 1. The van der Waals surface area contributed by atoms with Crippen LogP contribution in [0.1, 0.15) is 23.5 Å². The van der Waals surface area contributed by atoms with Crippen molar-refractivity contribution in [2.24, 2.45) is 7.05 Å². The molecule has 4 rings (SSSR count). The second-order valence-corrected chi connectivity index (χ2v) is 6.40. The summed E-state index contributed by atoms with van der Waals surface area (Å²) >= 11 is 0. The van der Waals surface area contributed by atoms with Crippen molar-refractivity contribution in [2.75, 3.05) is 4.81 Å². The van der Waals surface area contributed by atoms with Gasteiger partial charge in [0.05, 0.1) is 12.7 Å². The molecule has 0 N–H and O–H groups in total. The first-order valence-electron chi connectivity index (χ1n) is 9.78. The number of allylic oxidation sites excluding steroid dienone is 2. The fraction of sp³-hybridized carbons (Fsp3) is 0.190. The SMILES string of the molecule is [2H]C([2H])([2H])C1=C(C)N(c2ccc3ccccc3[n+]2C)B(C)c2ccccc21. The van der Waals surface area contributed by atoms with E-state index in [2.05, 4.69) is 40.5 Å². The summed E-state index contributed by atoms with van der Waals surface area (Å²) in [5, 5.41) is 1.16. The van der Waals surface area contributed by atoms with Gasteiger partial charge in [0, 0.05) is 15.6 Å². The number of fused-ring (bicyclic) bond motifs is 2. The molecule has 2 nitrogen and oxygen atoms in total. The average molecular weight is 316 g/mol. The number of para-hydroxylation sites is 1. The molecule has 1 aliphatic heterocycles. The summed E-state index contributed by atoms with van der Waals surface area (Å²) in [6.45, 7) is 1.92. The molecule has 0 radical (unpaired) electrons. The van der Waals surface area contributed by atoms with Crippen LogP contribution in [-0.2, 0) is 7.05 Å². The number of hydrogen-bond donors (Lipinski definition) is 0. The average Bonchev–Trinajstić information content (AvgIpc) is 2.63. The van der Waals surface area contributed by atoms with Crippen molar-refractivity contribution in [2.45, 2.75) is 20.6 Å². The summed E-state index contributed by atoms with van der Waals surface area (Å²) in [6.07, 6.45) is 0.